The first-order valence-corrected chi connectivity index (χ1v) is 8.04. The number of aliphatic hydroxyl groups is 1. The molecule has 3 heterocycles. The maximum atomic E-state index is 11.2. The lowest BCUT2D eigenvalue weighted by atomic mass is 9.78. The molecule has 2 aromatic carbocycles. The summed E-state index contributed by atoms with van der Waals surface area (Å²) in [6, 6.07) is 13.0. The third-order valence-corrected chi connectivity index (χ3v) is 5.65. The number of nitrogens with one attached hydrogen (secondary N) is 1. The molecule has 3 heteroatoms. The van der Waals surface area contributed by atoms with E-state index in [4.69, 9.17) is 0 Å². The summed E-state index contributed by atoms with van der Waals surface area (Å²) < 4.78 is 0. The van der Waals surface area contributed by atoms with Gasteiger partial charge in [0.15, 0.2) is 0 Å². The van der Waals surface area contributed by atoms with E-state index < -0.39 is 5.72 Å². The zero-order valence-corrected chi connectivity index (χ0v) is 12.1. The van der Waals surface area contributed by atoms with Crippen molar-refractivity contribution in [3.63, 3.8) is 0 Å². The Morgan fingerprint density at radius 2 is 1.62 bits per heavy atom. The minimum Gasteiger partial charge on any atom is -0.371 e. The number of benzene rings is 2. The van der Waals surface area contributed by atoms with Gasteiger partial charge in [0.2, 0.25) is 0 Å². The second kappa shape index (κ2) is 3.72. The van der Waals surface area contributed by atoms with Gasteiger partial charge in [0, 0.05) is 0 Å². The molecule has 2 fully saturated rings. The van der Waals surface area contributed by atoms with Crippen molar-refractivity contribution in [3.05, 3.63) is 36.4 Å². The molecule has 0 saturated carbocycles. The molecule has 2 aromatic rings. The van der Waals surface area contributed by atoms with Crippen molar-refractivity contribution in [2.45, 2.75) is 49.9 Å². The van der Waals surface area contributed by atoms with Crippen molar-refractivity contribution < 1.29 is 5.11 Å². The standard InChI is InChI=1S/C18H20N2O/c21-18-9-3-7-17(8-4-10-18)19-15-11-13-5-1-2-6-14(13)12-16(15)20(17)18/h1-2,5-6,11-12,19,21H,3-4,7-10H2. The van der Waals surface area contributed by atoms with Gasteiger partial charge < -0.3 is 15.3 Å². The van der Waals surface area contributed by atoms with Crippen LogP contribution < -0.4 is 10.2 Å². The van der Waals surface area contributed by atoms with Crippen molar-refractivity contribution >= 4 is 22.1 Å². The van der Waals surface area contributed by atoms with Crippen LogP contribution in [0, 0.1) is 0 Å². The Kier molecular flexibility index (Phi) is 2.10. The predicted octanol–water partition coefficient (Wildman–Crippen LogP) is 3.82. The van der Waals surface area contributed by atoms with E-state index in [-0.39, 0.29) is 5.66 Å². The fraction of sp³-hybridized carbons (Fsp3) is 0.444. The molecule has 5 rings (SSSR count). The van der Waals surface area contributed by atoms with Crippen LogP contribution in [0.25, 0.3) is 10.8 Å². The van der Waals surface area contributed by atoms with E-state index >= 15 is 0 Å². The molecule has 3 nitrogen and oxygen atoms in total. The molecular formula is C18H20N2O. The molecule has 2 N–H and O–H groups in total. The Labute approximate surface area is 124 Å². The van der Waals surface area contributed by atoms with Crippen LogP contribution in [0.4, 0.5) is 11.4 Å². The molecule has 3 aliphatic rings. The Balaban J connectivity index is 1.76. The van der Waals surface area contributed by atoms with Crippen molar-refractivity contribution in [1.29, 1.82) is 0 Å². The highest BCUT2D eigenvalue weighted by molar-refractivity contribution is 5.95. The van der Waals surface area contributed by atoms with Crippen molar-refractivity contribution in [2.75, 3.05) is 10.2 Å². The largest absolute Gasteiger partial charge is 0.371 e. The molecule has 2 bridgehead atoms. The average molecular weight is 280 g/mol. The van der Waals surface area contributed by atoms with Crippen LogP contribution in [0.1, 0.15) is 38.5 Å². The molecule has 3 aliphatic heterocycles. The normalized spacial score (nSPS) is 33.5. The van der Waals surface area contributed by atoms with Gasteiger partial charge in [-0.05, 0) is 61.4 Å². The van der Waals surface area contributed by atoms with Gasteiger partial charge >= 0.3 is 0 Å². The molecular weight excluding hydrogens is 260 g/mol. The Morgan fingerprint density at radius 1 is 0.952 bits per heavy atom. The molecule has 0 amide bonds. The van der Waals surface area contributed by atoms with Crippen LogP contribution in [-0.4, -0.2) is 16.5 Å². The highest BCUT2D eigenvalue weighted by Crippen LogP contribution is 2.56. The molecule has 21 heavy (non-hydrogen) atoms. The zero-order chi connectivity index (χ0) is 14.1. The monoisotopic (exact) mass is 280 g/mol. The summed E-state index contributed by atoms with van der Waals surface area (Å²) in [5.74, 6) is 0. The van der Waals surface area contributed by atoms with Crippen LogP contribution in [0.15, 0.2) is 36.4 Å². The SMILES string of the molecule is OC12CCCC3(CCC1)Nc1cc4ccccc4cc1N23. The van der Waals surface area contributed by atoms with Gasteiger partial charge in [-0.3, -0.25) is 0 Å². The van der Waals surface area contributed by atoms with Gasteiger partial charge in [0.25, 0.3) is 0 Å². The predicted molar refractivity (Wildman–Crippen MR) is 85.4 cm³/mol. The zero-order valence-electron chi connectivity index (χ0n) is 12.1. The topological polar surface area (TPSA) is 35.5 Å². The maximum Gasteiger partial charge on any atom is 0.139 e. The minimum atomic E-state index is -0.656. The number of anilines is 2. The van der Waals surface area contributed by atoms with Gasteiger partial charge in [0.1, 0.15) is 11.4 Å². The van der Waals surface area contributed by atoms with Crippen molar-refractivity contribution in [3.8, 4) is 0 Å². The summed E-state index contributed by atoms with van der Waals surface area (Å²) in [6.45, 7) is 0. The number of fused-ring (bicyclic) bond motifs is 2. The van der Waals surface area contributed by atoms with Gasteiger partial charge in [-0.15, -0.1) is 0 Å². The first kappa shape index (κ1) is 11.9. The quantitative estimate of drug-likeness (QED) is 0.770. The number of hydrogen-bond donors (Lipinski definition) is 2. The van der Waals surface area contributed by atoms with E-state index in [9.17, 15) is 5.11 Å². The molecule has 108 valence electrons. The third-order valence-electron chi connectivity index (χ3n) is 5.65. The Hall–Kier alpha value is -1.74. The van der Waals surface area contributed by atoms with Crippen molar-refractivity contribution in [2.24, 2.45) is 0 Å². The van der Waals surface area contributed by atoms with Crippen LogP contribution in [-0.2, 0) is 0 Å². The molecule has 0 aromatic heterocycles. The van der Waals surface area contributed by atoms with E-state index in [1.54, 1.807) is 0 Å². The average Bonchev–Trinajstić information content (AvgIpc) is 2.79. The van der Waals surface area contributed by atoms with E-state index in [0.717, 1.165) is 38.5 Å². The van der Waals surface area contributed by atoms with E-state index in [2.05, 4.69) is 46.6 Å². The van der Waals surface area contributed by atoms with Crippen LogP contribution in [0.3, 0.4) is 0 Å². The summed E-state index contributed by atoms with van der Waals surface area (Å²) in [6.07, 6.45) is 6.24. The first-order chi connectivity index (χ1) is 10.2. The highest BCUT2D eigenvalue weighted by Gasteiger charge is 2.57. The number of rotatable bonds is 0. The lowest BCUT2D eigenvalue weighted by Gasteiger charge is -2.56. The molecule has 0 atom stereocenters. The fourth-order valence-corrected chi connectivity index (χ4v) is 4.82. The number of piperidine rings is 2. The molecule has 0 aliphatic carbocycles. The van der Waals surface area contributed by atoms with Gasteiger partial charge in [0.05, 0.1) is 11.4 Å². The number of nitrogens with zero attached hydrogens (tertiary/aromatic N) is 1. The fourth-order valence-electron chi connectivity index (χ4n) is 4.82. The van der Waals surface area contributed by atoms with Gasteiger partial charge in [-0.25, -0.2) is 0 Å². The van der Waals surface area contributed by atoms with E-state index in [1.165, 1.54) is 22.1 Å². The maximum absolute atomic E-state index is 11.2. The molecule has 0 spiro atoms. The molecule has 0 radical (unpaired) electrons. The highest BCUT2D eigenvalue weighted by atomic mass is 16.3. The lowest BCUT2D eigenvalue weighted by molar-refractivity contribution is -0.0437. The minimum absolute atomic E-state index is 0.0506. The third kappa shape index (κ3) is 1.42. The van der Waals surface area contributed by atoms with Gasteiger partial charge in [-0.1, -0.05) is 24.3 Å². The first-order valence-electron chi connectivity index (χ1n) is 8.04. The summed E-state index contributed by atoms with van der Waals surface area (Å²) in [4.78, 5) is 2.31. The number of hydrogen-bond acceptors (Lipinski definition) is 3. The van der Waals surface area contributed by atoms with Crippen LogP contribution in [0.2, 0.25) is 0 Å². The Morgan fingerprint density at radius 3 is 2.33 bits per heavy atom. The summed E-state index contributed by atoms with van der Waals surface area (Å²) in [5, 5.41) is 17.5. The van der Waals surface area contributed by atoms with Gasteiger partial charge in [-0.2, -0.15) is 0 Å². The van der Waals surface area contributed by atoms with E-state index in [1.807, 2.05) is 0 Å². The summed E-state index contributed by atoms with van der Waals surface area (Å²) in [5.41, 5.74) is 1.67. The smallest absolute Gasteiger partial charge is 0.139 e. The van der Waals surface area contributed by atoms with Crippen molar-refractivity contribution in [1.82, 2.24) is 0 Å². The lowest BCUT2D eigenvalue weighted by Crippen LogP contribution is -2.67. The van der Waals surface area contributed by atoms with Crippen LogP contribution in [0.5, 0.6) is 0 Å². The Bertz CT molecular complexity index is 729. The van der Waals surface area contributed by atoms with E-state index in [0.29, 0.717) is 0 Å². The summed E-state index contributed by atoms with van der Waals surface area (Å²) in [7, 11) is 0. The molecule has 0 unspecified atom stereocenters. The molecule has 2 saturated heterocycles. The second-order valence-electron chi connectivity index (χ2n) is 6.90. The second-order valence-corrected chi connectivity index (χ2v) is 6.90. The summed E-state index contributed by atoms with van der Waals surface area (Å²) >= 11 is 0. The van der Waals surface area contributed by atoms with Crippen LogP contribution >= 0.6 is 0 Å².